The molecule has 0 fully saturated rings. The lowest BCUT2D eigenvalue weighted by atomic mass is 10.1. The fraction of sp³-hybridized carbons (Fsp3) is 0.333. The van der Waals surface area contributed by atoms with Crippen molar-refractivity contribution in [3.63, 3.8) is 0 Å². The van der Waals surface area contributed by atoms with Crippen molar-refractivity contribution in [1.82, 2.24) is 0 Å². The third-order valence-electron chi connectivity index (χ3n) is 2.22. The highest BCUT2D eigenvalue weighted by Gasteiger charge is 1.92. The van der Waals surface area contributed by atoms with Crippen LogP contribution < -0.4 is 0 Å². The molecule has 0 atom stereocenters. The van der Waals surface area contributed by atoms with Gasteiger partial charge in [-0.1, -0.05) is 23.3 Å². The zero-order chi connectivity index (χ0) is 14.7. The van der Waals surface area contributed by atoms with Crippen LogP contribution in [0.3, 0.4) is 0 Å². The summed E-state index contributed by atoms with van der Waals surface area (Å²) in [6.07, 6.45) is 11.1. The Morgan fingerprint density at radius 2 is 1.16 bits per heavy atom. The summed E-state index contributed by atoms with van der Waals surface area (Å²) in [5.74, 6) is 0. The minimum Gasteiger partial charge on any atom is -0.211 e. The zero-order valence-electron chi connectivity index (χ0n) is 11.7. The molecule has 4 nitrogen and oxygen atoms in total. The minimum absolute atomic E-state index is 0.618. The molecular formula is C15H18N2O2. The Kier molecular flexibility index (Phi) is 8.55. The lowest BCUT2D eigenvalue weighted by Gasteiger charge is -2.00. The van der Waals surface area contributed by atoms with Gasteiger partial charge in [-0.3, -0.25) is 0 Å². The summed E-state index contributed by atoms with van der Waals surface area (Å²) in [6.45, 7) is 7.46. The number of hydrogen-bond donors (Lipinski definition) is 0. The highest BCUT2D eigenvalue weighted by molar-refractivity contribution is 5.38. The summed E-state index contributed by atoms with van der Waals surface area (Å²) in [6, 6.07) is 0. The molecular weight excluding hydrogens is 240 g/mol. The Bertz CT molecular complexity index is 476. The van der Waals surface area contributed by atoms with E-state index < -0.39 is 0 Å². The van der Waals surface area contributed by atoms with E-state index in [1.165, 1.54) is 12.2 Å². The van der Waals surface area contributed by atoms with E-state index in [1.807, 2.05) is 26.0 Å². The fourth-order valence-corrected chi connectivity index (χ4v) is 1.30. The number of carbonyl (C=O) groups excluding carboxylic acids is 2. The number of isocyanates is 2. The molecule has 0 saturated heterocycles. The van der Waals surface area contributed by atoms with Crippen molar-refractivity contribution in [2.75, 3.05) is 0 Å². The van der Waals surface area contributed by atoms with E-state index in [2.05, 4.69) is 9.98 Å². The van der Waals surface area contributed by atoms with Crippen molar-refractivity contribution in [1.29, 1.82) is 0 Å². The third-order valence-corrected chi connectivity index (χ3v) is 2.22. The molecule has 0 aliphatic carbocycles. The zero-order valence-corrected chi connectivity index (χ0v) is 11.7. The summed E-state index contributed by atoms with van der Waals surface area (Å²) in [5, 5.41) is 0. The first-order valence-corrected chi connectivity index (χ1v) is 5.83. The van der Waals surface area contributed by atoms with Gasteiger partial charge in [0.2, 0.25) is 12.2 Å². The van der Waals surface area contributed by atoms with Gasteiger partial charge in [-0.15, -0.1) is 0 Å². The molecule has 0 aliphatic rings. The maximum atomic E-state index is 10.0. The van der Waals surface area contributed by atoms with Crippen molar-refractivity contribution in [3.05, 3.63) is 46.8 Å². The smallest absolute Gasteiger partial charge is 0.211 e. The maximum absolute atomic E-state index is 10.0. The van der Waals surface area contributed by atoms with E-state index in [0.717, 1.165) is 17.6 Å². The van der Waals surface area contributed by atoms with Crippen LogP contribution in [0.25, 0.3) is 0 Å². The molecule has 0 amide bonds. The lowest BCUT2D eigenvalue weighted by Crippen LogP contribution is -1.80. The first-order valence-electron chi connectivity index (χ1n) is 5.83. The SMILES string of the molecule is C/C(=C\C=C(/C)N=C=O)C/C(C)=C/C=C(\C)N=C=O. The molecule has 0 rings (SSSR count). The highest BCUT2D eigenvalue weighted by atomic mass is 16.1. The molecule has 0 bridgehead atoms. The van der Waals surface area contributed by atoms with E-state index in [0.29, 0.717) is 11.4 Å². The van der Waals surface area contributed by atoms with Gasteiger partial charge in [0.05, 0.1) is 11.4 Å². The van der Waals surface area contributed by atoms with Crippen LogP contribution in [0.4, 0.5) is 0 Å². The quantitative estimate of drug-likeness (QED) is 0.414. The average Bonchev–Trinajstić information content (AvgIpc) is 2.35. The van der Waals surface area contributed by atoms with Gasteiger partial charge in [0.1, 0.15) is 0 Å². The molecule has 0 aromatic carbocycles. The number of hydrogen-bond acceptors (Lipinski definition) is 4. The van der Waals surface area contributed by atoms with E-state index in [1.54, 1.807) is 26.0 Å². The molecule has 0 aromatic heterocycles. The molecule has 0 radical (unpaired) electrons. The normalized spacial score (nSPS) is 13.7. The standard InChI is InChI=1S/C15H18N2O2/c1-12(5-7-14(3)16-10-18)9-13(2)6-8-15(4)17-11-19/h5-8H,9H2,1-4H3/b12-5+,13-6+,14-7+,15-8+. The first kappa shape index (κ1) is 16.7. The van der Waals surface area contributed by atoms with Gasteiger partial charge in [-0.2, -0.15) is 9.98 Å². The highest BCUT2D eigenvalue weighted by Crippen LogP contribution is 2.11. The largest absolute Gasteiger partial charge is 0.240 e. The van der Waals surface area contributed by atoms with Gasteiger partial charge in [0.25, 0.3) is 0 Å². The molecule has 100 valence electrons. The number of nitrogens with zero attached hydrogens (tertiary/aromatic N) is 2. The van der Waals surface area contributed by atoms with Crippen molar-refractivity contribution >= 4 is 12.2 Å². The van der Waals surface area contributed by atoms with Gasteiger partial charge in [-0.25, -0.2) is 9.59 Å². The third kappa shape index (κ3) is 9.42. The van der Waals surface area contributed by atoms with Gasteiger partial charge in [-0.05, 0) is 46.3 Å². The van der Waals surface area contributed by atoms with Crippen molar-refractivity contribution in [3.8, 4) is 0 Å². The van der Waals surface area contributed by atoms with Crippen LogP contribution in [-0.4, -0.2) is 12.2 Å². The van der Waals surface area contributed by atoms with E-state index in [9.17, 15) is 9.59 Å². The summed E-state index contributed by atoms with van der Waals surface area (Å²) >= 11 is 0. The predicted molar refractivity (Wildman–Crippen MR) is 75.9 cm³/mol. The number of aliphatic imine (C=N–C) groups is 2. The van der Waals surface area contributed by atoms with Crippen molar-refractivity contribution in [2.45, 2.75) is 34.1 Å². The van der Waals surface area contributed by atoms with Crippen LogP contribution in [0.15, 0.2) is 56.8 Å². The van der Waals surface area contributed by atoms with Gasteiger partial charge < -0.3 is 0 Å². The lowest BCUT2D eigenvalue weighted by molar-refractivity contribution is 0.564. The summed E-state index contributed by atoms with van der Waals surface area (Å²) < 4.78 is 0. The van der Waals surface area contributed by atoms with Crippen molar-refractivity contribution < 1.29 is 9.59 Å². The van der Waals surface area contributed by atoms with E-state index in [4.69, 9.17) is 0 Å². The Balaban J connectivity index is 4.68. The van der Waals surface area contributed by atoms with Crippen molar-refractivity contribution in [2.24, 2.45) is 9.98 Å². The second kappa shape index (κ2) is 9.72. The van der Waals surface area contributed by atoms with E-state index >= 15 is 0 Å². The predicted octanol–water partition coefficient (Wildman–Crippen LogP) is 3.75. The molecule has 0 aliphatic heterocycles. The topological polar surface area (TPSA) is 58.9 Å². The second-order valence-corrected chi connectivity index (χ2v) is 4.23. The molecule has 4 heteroatoms. The molecule has 0 unspecified atom stereocenters. The number of allylic oxidation sites excluding steroid dienone is 8. The molecule has 19 heavy (non-hydrogen) atoms. The second-order valence-electron chi connectivity index (χ2n) is 4.23. The summed E-state index contributed by atoms with van der Waals surface area (Å²) in [5.41, 5.74) is 3.51. The van der Waals surface area contributed by atoms with Gasteiger partial charge >= 0.3 is 0 Å². The Morgan fingerprint density at radius 3 is 1.47 bits per heavy atom. The van der Waals surface area contributed by atoms with Crippen LogP contribution in [0.5, 0.6) is 0 Å². The average molecular weight is 258 g/mol. The monoisotopic (exact) mass is 258 g/mol. The molecule has 0 spiro atoms. The molecule has 0 saturated carbocycles. The van der Waals surface area contributed by atoms with Crippen LogP contribution in [-0.2, 0) is 9.59 Å². The minimum atomic E-state index is 0.618. The first-order chi connectivity index (χ1) is 8.99. The van der Waals surface area contributed by atoms with Gasteiger partial charge in [0, 0.05) is 0 Å². The number of rotatable bonds is 6. The van der Waals surface area contributed by atoms with Crippen LogP contribution in [0.1, 0.15) is 34.1 Å². The molecule has 0 N–H and O–H groups in total. The molecule has 0 heterocycles. The Morgan fingerprint density at radius 1 is 0.789 bits per heavy atom. The molecule has 0 aromatic rings. The Hall–Kier alpha value is -2.28. The van der Waals surface area contributed by atoms with Gasteiger partial charge in [0.15, 0.2) is 0 Å². The van der Waals surface area contributed by atoms with Crippen LogP contribution in [0.2, 0.25) is 0 Å². The summed E-state index contributed by atoms with van der Waals surface area (Å²) in [4.78, 5) is 27.1. The fourth-order valence-electron chi connectivity index (χ4n) is 1.30. The van der Waals surface area contributed by atoms with E-state index in [-0.39, 0.29) is 0 Å². The Labute approximate surface area is 113 Å². The maximum Gasteiger partial charge on any atom is 0.240 e. The van der Waals surface area contributed by atoms with Crippen LogP contribution >= 0.6 is 0 Å². The van der Waals surface area contributed by atoms with Crippen LogP contribution in [0, 0.1) is 0 Å². The summed E-state index contributed by atoms with van der Waals surface area (Å²) in [7, 11) is 0.